The van der Waals surface area contributed by atoms with E-state index >= 15 is 0 Å². The van der Waals surface area contributed by atoms with Gasteiger partial charge in [-0.1, -0.05) is 35.3 Å². The third kappa shape index (κ3) is 3.49. The fraction of sp³-hybridized carbons (Fsp3) is 0.0526. The molecule has 2 aromatic heterocycles. The number of rotatable bonds is 4. The summed E-state index contributed by atoms with van der Waals surface area (Å²) in [5.74, 6) is 0.00171. The zero-order valence-corrected chi connectivity index (χ0v) is 16.2. The minimum Gasteiger partial charge on any atom is -0.281 e. The van der Waals surface area contributed by atoms with Crippen LogP contribution < -0.4 is 10.9 Å². The maximum absolute atomic E-state index is 12.4. The molecule has 4 rings (SSSR count). The Kier molecular flexibility index (Phi) is 4.85. The van der Waals surface area contributed by atoms with Crippen molar-refractivity contribution in [1.82, 2.24) is 25.2 Å². The van der Waals surface area contributed by atoms with Crippen molar-refractivity contribution in [2.75, 3.05) is 5.43 Å². The number of carbonyl (C=O) groups excluding carboxylic acids is 1. The number of hydrogen-bond acceptors (Lipinski definition) is 5. The van der Waals surface area contributed by atoms with Crippen LogP contribution in [0.2, 0.25) is 10.0 Å². The Morgan fingerprint density at radius 2 is 1.96 bits per heavy atom. The molecule has 2 aromatic carbocycles. The van der Waals surface area contributed by atoms with Gasteiger partial charge in [-0.15, -0.1) is 0 Å². The molecule has 9 heteroatoms. The molecular formula is C19H14Cl2N6O. The Morgan fingerprint density at radius 1 is 1.11 bits per heavy atom. The topological polar surface area (TPSA) is 84.7 Å². The van der Waals surface area contributed by atoms with Crippen LogP contribution in [0.1, 0.15) is 15.9 Å². The van der Waals surface area contributed by atoms with Crippen LogP contribution in [0, 0.1) is 6.92 Å². The average molecular weight is 413 g/mol. The Balaban J connectivity index is 1.60. The lowest BCUT2D eigenvalue weighted by Gasteiger charge is -2.10. The van der Waals surface area contributed by atoms with Crippen molar-refractivity contribution in [3.8, 4) is 5.69 Å². The lowest BCUT2D eigenvalue weighted by atomic mass is 10.2. The first kappa shape index (κ1) is 18.2. The van der Waals surface area contributed by atoms with Crippen molar-refractivity contribution in [1.29, 1.82) is 0 Å². The molecule has 0 unspecified atom stereocenters. The number of halogens is 2. The van der Waals surface area contributed by atoms with Crippen molar-refractivity contribution >= 4 is 46.0 Å². The maximum atomic E-state index is 12.4. The Morgan fingerprint density at radius 3 is 2.75 bits per heavy atom. The van der Waals surface area contributed by atoms with Gasteiger partial charge in [0.2, 0.25) is 0 Å². The van der Waals surface area contributed by atoms with E-state index in [1.54, 1.807) is 23.0 Å². The highest BCUT2D eigenvalue weighted by atomic mass is 35.5. The second-order valence-corrected chi connectivity index (χ2v) is 6.90. The number of hydrazine groups is 1. The van der Waals surface area contributed by atoms with Gasteiger partial charge >= 0.3 is 0 Å². The van der Waals surface area contributed by atoms with Gasteiger partial charge in [0.25, 0.3) is 5.91 Å². The molecule has 28 heavy (non-hydrogen) atoms. The second-order valence-electron chi connectivity index (χ2n) is 6.06. The summed E-state index contributed by atoms with van der Waals surface area (Å²) in [6.07, 6.45) is 3.04. The number of amides is 1. The molecule has 0 atom stereocenters. The molecule has 0 aliphatic rings. The zero-order chi connectivity index (χ0) is 19.7. The van der Waals surface area contributed by atoms with Crippen LogP contribution in [0.25, 0.3) is 16.7 Å². The number of anilines is 1. The average Bonchev–Trinajstić information content (AvgIpc) is 3.11. The minimum absolute atomic E-state index is 0.256. The van der Waals surface area contributed by atoms with Gasteiger partial charge in [-0.25, -0.2) is 14.6 Å². The number of nitrogens with one attached hydrogen (secondary N) is 2. The monoisotopic (exact) mass is 412 g/mol. The van der Waals surface area contributed by atoms with Gasteiger partial charge in [0.1, 0.15) is 6.33 Å². The smallest absolute Gasteiger partial charge is 0.271 e. The zero-order valence-electron chi connectivity index (χ0n) is 14.6. The van der Waals surface area contributed by atoms with Crippen molar-refractivity contribution in [3.05, 3.63) is 76.2 Å². The van der Waals surface area contributed by atoms with Crippen LogP contribution in [0.15, 0.2) is 55.0 Å². The largest absolute Gasteiger partial charge is 0.281 e. The number of nitrogens with zero attached hydrogens (tertiary/aromatic N) is 4. The number of hydrogen-bond donors (Lipinski definition) is 2. The SMILES string of the molecule is Cc1cccc(-n2ncc3c(NNC(=O)c4ccc(Cl)cc4Cl)ncnc32)c1. The van der Waals surface area contributed by atoms with Gasteiger partial charge in [-0.3, -0.25) is 15.6 Å². The number of benzene rings is 2. The van der Waals surface area contributed by atoms with Gasteiger partial charge in [-0.2, -0.15) is 5.10 Å². The molecular weight excluding hydrogens is 399 g/mol. The summed E-state index contributed by atoms with van der Waals surface area (Å²) >= 11 is 11.9. The van der Waals surface area contributed by atoms with E-state index in [0.717, 1.165) is 11.3 Å². The number of aromatic nitrogens is 4. The summed E-state index contributed by atoms with van der Waals surface area (Å²) in [5.41, 5.74) is 8.29. The summed E-state index contributed by atoms with van der Waals surface area (Å²) < 4.78 is 1.72. The van der Waals surface area contributed by atoms with Crippen LogP contribution in [0.5, 0.6) is 0 Å². The maximum Gasteiger partial charge on any atom is 0.271 e. The highest BCUT2D eigenvalue weighted by Crippen LogP contribution is 2.23. The van der Waals surface area contributed by atoms with Crippen LogP contribution >= 0.6 is 23.2 Å². The van der Waals surface area contributed by atoms with Gasteiger partial charge < -0.3 is 0 Å². The Bertz CT molecular complexity index is 1190. The fourth-order valence-corrected chi connectivity index (χ4v) is 3.24. The van der Waals surface area contributed by atoms with E-state index in [4.69, 9.17) is 23.2 Å². The molecule has 0 saturated heterocycles. The number of carbonyl (C=O) groups is 1. The highest BCUT2D eigenvalue weighted by molar-refractivity contribution is 6.36. The number of aryl methyl sites for hydroxylation is 1. The van der Waals surface area contributed by atoms with Crippen LogP contribution in [0.3, 0.4) is 0 Å². The predicted molar refractivity (Wildman–Crippen MR) is 109 cm³/mol. The van der Waals surface area contributed by atoms with Gasteiger partial charge in [-0.05, 0) is 42.8 Å². The molecule has 7 nitrogen and oxygen atoms in total. The van der Waals surface area contributed by atoms with E-state index in [2.05, 4.69) is 25.9 Å². The molecule has 0 saturated carbocycles. The number of fused-ring (bicyclic) bond motifs is 1. The van der Waals surface area contributed by atoms with E-state index in [0.29, 0.717) is 27.4 Å². The summed E-state index contributed by atoms with van der Waals surface area (Å²) in [5, 5.41) is 5.77. The molecule has 4 aromatic rings. The fourth-order valence-electron chi connectivity index (χ4n) is 2.75. The van der Waals surface area contributed by atoms with Gasteiger partial charge in [0.15, 0.2) is 11.5 Å². The van der Waals surface area contributed by atoms with E-state index in [1.165, 1.54) is 12.4 Å². The molecule has 0 aliphatic carbocycles. The molecule has 0 fully saturated rings. The first-order valence-corrected chi connectivity index (χ1v) is 9.06. The van der Waals surface area contributed by atoms with E-state index in [9.17, 15) is 4.79 Å². The van der Waals surface area contributed by atoms with Crippen LogP contribution in [0.4, 0.5) is 5.82 Å². The minimum atomic E-state index is -0.417. The van der Waals surface area contributed by atoms with Gasteiger partial charge in [0, 0.05) is 5.02 Å². The third-order valence-corrected chi connectivity index (χ3v) is 4.63. The quantitative estimate of drug-likeness (QED) is 0.490. The first-order chi connectivity index (χ1) is 13.5. The first-order valence-electron chi connectivity index (χ1n) is 8.30. The lowest BCUT2D eigenvalue weighted by Crippen LogP contribution is -2.30. The molecule has 140 valence electrons. The molecule has 0 aliphatic heterocycles. The van der Waals surface area contributed by atoms with E-state index in [-0.39, 0.29) is 5.02 Å². The van der Waals surface area contributed by atoms with E-state index in [1.807, 2.05) is 31.2 Å². The van der Waals surface area contributed by atoms with Crippen LogP contribution in [-0.4, -0.2) is 25.7 Å². The van der Waals surface area contributed by atoms with Crippen LogP contribution in [-0.2, 0) is 0 Å². The Hall–Kier alpha value is -3.16. The standard InChI is InChI=1S/C19H14Cl2N6O/c1-11-3-2-4-13(7-11)27-18-15(9-24-27)17(22-10-23-18)25-26-19(28)14-6-5-12(20)8-16(14)21/h2-10H,1H3,(H,26,28)(H,22,23,25). The second kappa shape index (κ2) is 7.46. The summed E-state index contributed by atoms with van der Waals surface area (Å²) in [6.45, 7) is 2.01. The molecule has 1 amide bonds. The van der Waals surface area contributed by atoms with Crippen molar-refractivity contribution in [2.24, 2.45) is 0 Å². The molecule has 2 heterocycles. The van der Waals surface area contributed by atoms with Crippen molar-refractivity contribution < 1.29 is 4.79 Å². The normalized spacial score (nSPS) is 10.8. The Labute approximate surface area is 170 Å². The molecule has 2 N–H and O–H groups in total. The van der Waals surface area contributed by atoms with Crippen molar-refractivity contribution in [2.45, 2.75) is 6.92 Å². The highest BCUT2D eigenvalue weighted by Gasteiger charge is 2.14. The molecule has 0 spiro atoms. The lowest BCUT2D eigenvalue weighted by molar-refractivity contribution is 0.0962. The van der Waals surface area contributed by atoms with Gasteiger partial charge in [0.05, 0.1) is 27.9 Å². The third-order valence-electron chi connectivity index (χ3n) is 4.08. The van der Waals surface area contributed by atoms with Crippen molar-refractivity contribution in [3.63, 3.8) is 0 Å². The van der Waals surface area contributed by atoms with E-state index < -0.39 is 5.91 Å². The molecule has 0 bridgehead atoms. The summed E-state index contributed by atoms with van der Waals surface area (Å²) in [7, 11) is 0. The molecule has 0 radical (unpaired) electrons. The predicted octanol–water partition coefficient (Wildman–Crippen LogP) is 4.19. The summed E-state index contributed by atoms with van der Waals surface area (Å²) in [4.78, 5) is 20.9. The summed E-state index contributed by atoms with van der Waals surface area (Å²) in [6, 6.07) is 12.6.